The number of benzene rings is 1. The van der Waals surface area contributed by atoms with Crippen molar-refractivity contribution in [2.45, 2.75) is 6.73 Å². The zero-order valence-electron chi connectivity index (χ0n) is 21.8. The third-order valence-corrected chi connectivity index (χ3v) is 7.58. The minimum atomic E-state index is -0.619. The van der Waals surface area contributed by atoms with Gasteiger partial charge in [-0.15, -0.1) is 0 Å². The van der Waals surface area contributed by atoms with Gasteiger partial charge in [0.25, 0.3) is 0 Å². The number of fused-ring (bicyclic) bond motifs is 1. The molecule has 1 fully saturated rings. The molecule has 0 radical (unpaired) electrons. The van der Waals surface area contributed by atoms with Crippen LogP contribution >= 0.6 is 10.0 Å². The Morgan fingerprint density at radius 3 is 2.53 bits per heavy atom. The van der Waals surface area contributed by atoms with Gasteiger partial charge in [0, 0.05) is 49.1 Å². The van der Waals surface area contributed by atoms with Gasteiger partial charge < -0.3 is 19.3 Å². The van der Waals surface area contributed by atoms with Crippen LogP contribution in [0.5, 0.6) is 0 Å². The van der Waals surface area contributed by atoms with Gasteiger partial charge in [-0.05, 0) is 67.2 Å². The molecule has 0 bridgehead atoms. The molecular formula is C28H37FN4O2S. The maximum Gasteiger partial charge on any atom is 0.145 e. The van der Waals surface area contributed by atoms with Crippen LogP contribution in [0.3, 0.4) is 0 Å². The van der Waals surface area contributed by atoms with Gasteiger partial charge in [0.2, 0.25) is 0 Å². The van der Waals surface area contributed by atoms with E-state index in [0.717, 1.165) is 65.9 Å². The van der Waals surface area contributed by atoms with Crippen molar-refractivity contribution >= 4 is 32.6 Å². The van der Waals surface area contributed by atoms with E-state index >= 15 is 0 Å². The molecule has 6 nitrogen and oxygen atoms in total. The second-order valence-corrected chi connectivity index (χ2v) is 14.5. The molecule has 0 atom stereocenters. The molecule has 0 unspecified atom stereocenters. The fraction of sp³-hybridized carbons (Fsp3) is 0.464. The first-order valence-corrected chi connectivity index (χ1v) is 15.3. The van der Waals surface area contributed by atoms with Crippen molar-refractivity contribution in [3.63, 3.8) is 0 Å². The normalized spacial score (nSPS) is 14.5. The van der Waals surface area contributed by atoms with E-state index in [0.29, 0.717) is 19.9 Å². The number of halogens is 1. The molecule has 194 valence electrons. The van der Waals surface area contributed by atoms with Crippen LogP contribution in [0.15, 0.2) is 42.5 Å². The summed E-state index contributed by atoms with van der Waals surface area (Å²) in [5, 5.41) is 1.05. The van der Waals surface area contributed by atoms with Crippen LogP contribution < -0.4 is 9.80 Å². The summed E-state index contributed by atoms with van der Waals surface area (Å²) in [7, 11) is 1.27. The fourth-order valence-corrected chi connectivity index (χ4v) is 4.59. The molecule has 0 spiro atoms. The van der Waals surface area contributed by atoms with Crippen molar-refractivity contribution in [2.24, 2.45) is 0 Å². The van der Waals surface area contributed by atoms with Crippen LogP contribution in [0, 0.1) is 11.8 Å². The number of nitrogens with zero attached hydrogens (tertiary/aromatic N) is 4. The highest BCUT2D eigenvalue weighted by atomic mass is 32.3. The number of hydrogen-bond acceptors (Lipinski definition) is 5. The highest BCUT2D eigenvalue weighted by molar-refractivity contribution is 8.32. The molecular weight excluding hydrogens is 475 g/mol. The van der Waals surface area contributed by atoms with Crippen molar-refractivity contribution in [2.75, 3.05) is 87.5 Å². The SMILES string of the molecule is CN(CCF)c1ccc(C#Cc2cc3ccc(N4CCOCC4)nc3n2COCCS(C)(C)C)cc1. The van der Waals surface area contributed by atoms with Crippen molar-refractivity contribution in [1.29, 1.82) is 0 Å². The van der Waals surface area contributed by atoms with Crippen LogP contribution in [-0.4, -0.2) is 87.2 Å². The van der Waals surface area contributed by atoms with E-state index in [4.69, 9.17) is 14.5 Å². The van der Waals surface area contributed by atoms with Crippen molar-refractivity contribution in [1.82, 2.24) is 9.55 Å². The monoisotopic (exact) mass is 512 g/mol. The molecule has 1 aliphatic rings. The Balaban J connectivity index is 1.61. The van der Waals surface area contributed by atoms with Gasteiger partial charge in [0.1, 0.15) is 24.9 Å². The second-order valence-electron chi connectivity index (χ2n) is 9.88. The number of aromatic nitrogens is 2. The predicted molar refractivity (Wildman–Crippen MR) is 151 cm³/mol. The number of anilines is 2. The largest absolute Gasteiger partial charge is 0.378 e. The average Bonchev–Trinajstić information content (AvgIpc) is 3.22. The Kier molecular flexibility index (Phi) is 8.78. The number of rotatable bonds is 9. The fourth-order valence-electron chi connectivity index (χ4n) is 3.98. The molecule has 2 aromatic heterocycles. The van der Waals surface area contributed by atoms with Gasteiger partial charge in [-0.25, -0.2) is 19.4 Å². The van der Waals surface area contributed by atoms with Gasteiger partial charge in [0.05, 0.1) is 25.5 Å². The molecule has 1 saturated heterocycles. The molecule has 1 aliphatic heterocycles. The van der Waals surface area contributed by atoms with E-state index in [1.54, 1.807) is 0 Å². The number of ether oxygens (including phenoxy) is 2. The van der Waals surface area contributed by atoms with Gasteiger partial charge >= 0.3 is 0 Å². The Morgan fingerprint density at radius 2 is 1.83 bits per heavy atom. The van der Waals surface area contributed by atoms with E-state index in [1.807, 2.05) is 36.2 Å². The molecule has 4 rings (SSSR count). The lowest BCUT2D eigenvalue weighted by atomic mass is 10.2. The van der Waals surface area contributed by atoms with Crippen molar-refractivity contribution in [3.8, 4) is 11.8 Å². The maximum absolute atomic E-state index is 12.7. The summed E-state index contributed by atoms with van der Waals surface area (Å²) in [6.07, 6.45) is 6.90. The summed E-state index contributed by atoms with van der Waals surface area (Å²) < 4.78 is 26.3. The summed E-state index contributed by atoms with van der Waals surface area (Å²) in [6.45, 7) is 4.25. The van der Waals surface area contributed by atoms with Crippen LogP contribution in [0.2, 0.25) is 0 Å². The molecule has 0 amide bonds. The number of morpholine rings is 1. The Hall–Kier alpha value is -2.73. The summed E-state index contributed by atoms with van der Waals surface area (Å²) in [6, 6.07) is 14.2. The van der Waals surface area contributed by atoms with Crippen LogP contribution in [-0.2, 0) is 16.2 Å². The first-order chi connectivity index (χ1) is 17.3. The van der Waals surface area contributed by atoms with E-state index < -0.39 is 10.0 Å². The minimum absolute atomic E-state index is 0.372. The van der Waals surface area contributed by atoms with E-state index in [2.05, 4.69) is 58.3 Å². The van der Waals surface area contributed by atoms with Gasteiger partial charge in [0.15, 0.2) is 0 Å². The first-order valence-electron chi connectivity index (χ1n) is 12.3. The van der Waals surface area contributed by atoms with E-state index in [9.17, 15) is 4.39 Å². The molecule has 0 saturated carbocycles. The number of hydrogen-bond donors (Lipinski definition) is 0. The molecule has 3 aromatic rings. The summed E-state index contributed by atoms with van der Waals surface area (Å²) in [5.41, 5.74) is 3.64. The maximum atomic E-state index is 12.7. The molecule has 8 heteroatoms. The summed E-state index contributed by atoms with van der Waals surface area (Å²) >= 11 is 0. The molecule has 3 heterocycles. The predicted octanol–water partition coefficient (Wildman–Crippen LogP) is 4.35. The summed E-state index contributed by atoms with van der Waals surface area (Å²) in [5.74, 6) is 8.64. The smallest absolute Gasteiger partial charge is 0.145 e. The molecule has 1 aromatic carbocycles. The number of pyridine rings is 1. The first kappa shape index (κ1) is 26.3. The Bertz CT molecular complexity index is 1200. The van der Waals surface area contributed by atoms with Crippen LogP contribution in [0.25, 0.3) is 11.0 Å². The quantitative estimate of drug-likeness (QED) is 0.315. The summed E-state index contributed by atoms with van der Waals surface area (Å²) in [4.78, 5) is 9.16. The van der Waals surface area contributed by atoms with Gasteiger partial charge in [-0.1, -0.05) is 5.92 Å². The molecule has 0 N–H and O–H groups in total. The lowest BCUT2D eigenvalue weighted by Gasteiger charge is -2.27. The Labute approximate surface area is 215 Å². The minimum Gasteiger partial charge on any atom is -0.378 e. The number of alkyl halides is 1. The molecule has 0 aliphatic carbocycles. The highest BCUT2D eigenvalue weighted by Crippen LogP contribution is 2.33. The topological polar surface area (TPSA) is 42.8 Å². The third-order valence-electron chi connectivity index (χ3n) is 6.19. The lowest BCUT2D eigenvalue weighted by Crippen LogP contribution is -2.36. The van der Waals surface area contributed by atoms with E-state index in [1.165, 1.54) is 0 Å². The average molecular weight is 513 g/mol. The van der Waals surface area contributed by atoms with Crippen molar-refractivity contribution < 1.29 is 13.9 Å². The third kappa shape index (κ3) is 6.94. The lowest BCUT2D eigenvalue weighted by molar-refractivity contribution is 0.0918. The standard InChI is InChI=1S/C28H37FN4O2S/c1-31(14-13-29)25-9-5-23(6-10-25)7-11-26-21-24-8-12-27(32-15-17-34-18-16-32)30-28(24)33(26)22-35-19-20-36(2,3)4/h5-6,8-10,12,21H,13-20,22H2,1-4H3. The highest BCUT2D eigenvalue weighted by Gasteiger charge is 2.16. The zero-order chi connectivity index (χ0) is 25.5. The van der Waals surface area contributed by atoms with E-state index in [-0.39, 0.29) is 6.67 Å². The Morgan fingerprint density at radius 1 is 1.08 bits per heavy atom. The van der Waals surface area contributed by atoms with Crippen molar-refractivity contribution in [3.05, 3.63) is 53.7 Å². The van der Waals surface area contributed by atoms with Gasteiger partial charge in [-0.3, -0.25) is 4.57 Å². The zero-order valence-corrected chi connectivity index (χ0v) is 22.6. The molecule has 36 heavy (non-hydrogen) atoms. The van der Waals surface area contributed by atoms with Crippen LogP contribution in [0.4, 0.5) is 15.9 Å². The van der Waals surface area contributed by atoms with Gasteiger partial charge in [-0.2, -0.15) is 0 Å². The van der Waals surface area contributed by atoms with Crippen LogP contribution in [0.1, 0.15) is 11.3 Å². The second kappa shape index (κ2) is 12.0.